The van der Waals surface area contributed by atoms with E-state index in [-0.39, 0.29) is 75.0 Å². The highest BCUT2D eigenvalue weighted by molar-refractivity contribution is 6.32. The first-order valence-electron chi connectivity index (χ1n) is 36.7. The molecule has 13 rings (SSSR count). The predicted octanol–water partition coefficient (Wildman–Crippen LogP) is 4.59. The number of hydrogen-bond donors (Lipinski definition) is 19. The lowest BCUT2D eigenvalue weighted by Crippen LogP contribution is -2.65. The minimum atomic E-state index is -2.32. The van der Waals surface area contributed by atoms with Crippen molar-refractivity contribution < 1.29 is 118 Å². The van der Waals surface area contributed by atoms with Crippen molar-refractivity contribution in [2.24, 2.45) is 11.7 Å². The monoisotopic (exact) mass is 1660 g/mol. The number of phenolic OH excluding ortho intramolecular Hbond substituents is 3. The fourth-order valence-electron chi connectivity index (χ4n) is 14.0. The molecule has 6 aliphatic heterocycles. The Morgan fingerprint density at radius 2 is 1.29 bits per heavy atom. The molecule has 0 saturated carbocycles. The van der Waals surface area contributed by atoms with Crippen molar-refractivity contribution in [1.82, 2.24) is 42.5 Å². The van der Waals surface area contributed by atoms with Crippen LogP contribution in [0.15, 0.2) is 133 Å². The Morgan fingerprint density at radius 3 is 1.89 bits per heavy atom. The Kier molecular flexibility index (Phi) is 27.4. The van der Waals surface area contributed by atoms with E-state index >= 15 is 4.79 Å². The number of carbonyl (C=O) groups is 8. The molecule has 7 aromatic rings. The van der Waals surface area contributed by atoms with Crippen LogP contribution >= 0.6 is 34.8 Å². The minimum Gasteiger partial charge on any atom is -0.508 e. The Balaban J connectivity index is 1.01. The summed E-state index contributed by atoms with van der Waals surface area (Å²) in [5.41, 5.74) is 4.92. The molecule has 18 atom stereocenters. The molecule has 6 aliphatic rings. The van der Waals surface area contributed by atoms with E-state index in [1.165, 1.54) is 49.5 Å². The number of ether oxygens (including phenoxy) is 6. The Labute approximate surface area is 678 Å². The fourth-order valence-corrected chi connectivity index (χ4v) is 14.6. The van der Waals surface area contributed by atoms with Gasteiger partial charge in [-0.15, -0.1) is 0 Å². The number of aromatic hydroxyl groups is 3. The molecule has 10 bridgehead atoms. The fraction of sp³-hybridized carbons (Fsp3) is 0.375. The van der Waals surface area contributed by atoms with Gasteiger partial charge in [0.25, 0.3) is 0 Å². The SMILES string of the molecule is CN[C@H](CC(C)C)C(=O)N[C@H]1C(=O)N[C@@H](CC(N)=O)C(=O)N[C@H](C)C(=O)NC2C(=O)N[C@H](C(=O)N[C@@H](C(=O)O)c3cc(O)cc(O)c3-c3cc2ccc3O)[C@H](O)c2ccc(c(Cl)c2)Oc2cccc(c2OC2OC(CO)C(O)C(O)C2OC2CC(C)(NCc3ccc(-c4ccc(Cl)cc4)cc3)C(O)C(C)O2)Oc2ccc(cc2Cl)[C@H]1O. The molecule has 20 N–H and O–H groups in total. The van der Waals surface area contributed by atoms with Gasteiger partial charge in [-0.3, -0.25) is 33.6 Å². The van der Waals surface area contributed by atoms with E-state index in [9.17, 15) is 84.6 Å². The molecule has 6 heterocycles. The van der Waals surface area contributed by atoms with Crippen molar-refractivity contribution in [1.29, 1.82) is 0 Å². The third-order valence-corrected chi connectivity index (χ3v) is 21.2. The van der Waals surface area contributed by atoms with Gasteiger partial charge in [-0.05, 0) is 140 Å². The number of nitrogens with two attached hydrogens (primary N) is 1. The van der Waals surface area contributed by atoms with Gasteiger partial charge >= 0.3 is 5.97 Å². The summed E-state index contributed by atoms with van der Waals surface area (Å²) in [7, 11) is 1.47. The first-order valence-corrected chi connectivity index (χ1v) is 37.9. The van der Waals surface area contributed by atoms with E-state index in [0.29, 0.717) is 5.02 Å². The molecule has 116 heavy (non-hydrogen) atoms. The maximum Gasteiger partial charge on any atom is 0.330 e. The largest absolute Gasteiger partial charge is 0.508 e. The number of fused-ring (bicyclic) bond motifs is 6. The smallest absolute Gasteiger partial charge is 0.330 e. The standard InChI is InChI=1S/C80H88Cl3N9O24/c1-34(2)24-49(85-6)73(104)91-63-65(98)41-17-22-53(47(82)26-41)112-55-8-7-9-56(69(55)116-79-70(68(101)67(100)57(33-93)114-79)115-59-31-80(5,71(102)36(4)111-59)86-32-37-10-12-38(13-11-37)39-14-19-43(81)20-15-39)113-54-23-18-42(27-48(54)83)66(99)64-77(108)90-62(78(109)110)46-28-44(94)29-52(96)60(46)45-25-40(16-21-51(45)95)61(75(106)92-64)89-72(103)35(3)87-74(105)50(30-58(84)97)88-76(63)107/h7-23,25-29,34-36,49-50,57,59,61-68,70-71,79,85-86,93-96,98-102H,24,30-33H2,1-6H3,(H2,84,97)(H,87,105)(H,88,107)(H,89,103)(H,90,108)(H,91,104)(H,92,106)(H,109,110)/t35-,36?,49-,50+,57?,59?,61?,62-,63-,64+,65-,66-,67?,68?,70?,71?,79?,80?/m1/s1. The third-order valence-electron chi connectivity index (χ3n) is 20.3. The number of carboxylic acid groups (broad SMARTS) is 1. The minimum absolute atomic E-state index is 0.110. The predicted molar refractivity (Wildman–Crippen MR) is 416 cm³/mol. The van der Waals surface area contributed by atoms with Crippen LogP contribution in [0, 0.1) is 5.92 Å². The summed E-state index contributed by atoms with van der Waals surface area (Å²) in [6, 6.07) is 17.5. The average Bonchev–Trinajstić information content (AvgIpc) is 0.762. The van der Waals surface area contributed by atoms with Gasteiger partial charge in [0.1, 0.15) is 89.5 Å². The number of likely N-dealkylation sites (N-methyl/N-ethyl adjacent to an activating group) is 1. The maximum atomic E-state index is 15.2. The van der Waals surface area contributed by atoms with Gasteiger partial charge in [0, 0.05) is 46.3 Å². The average molecular weight is 1670 g/mol. The first kappa shape index (κ1) is 86.4. The zero-order valence-electron chi connectivity index (χ0n) is 63.0. The molecule has 7 aromatic carbocycles. The van der Waals surface area contributed by atoms with E-state index in [4.69, 9.17) is 69.0 Å². The molecule has 10 unspecified atom stereocenters. The Hall–Kier alpha value is -10.5. The number of hydrogen-bond acceptors (Lipinski definition) is 25. The number of carboxylic acids is 1. The summed E-state index contributed by atoms with van der Waals surface area (Å²) < 4.78 is 38.8. The zero-order valence-corrected chi connectivity index (χ0v) is 65.3. The molecule has 7 amide bonds. The van der Waals surface area contributed by atoms with Gasteiger partial charge in [-0.25, -0.2) is 4.79 Å². The van der Waals surface area contributed by atoms with Gasteiger partial charge < -0.3 is 128 Å². The van der Waals surface area contributed by atoms with Crippen LogP contribution in [0.5, 0.6) is 46.0 Å². The number of rotatable bonds is 17. The molecule has 0 aliphatic carbocycles. The van der Waals surface area contributed by atoms with Crippen molar-refractivity contribution in [3.63, 3.8) is 0 Å². The van der Waals surface area contributed by atoms with Crippen molar-refractivity contribution in [3.05, 3.63) is 176 Å². The van der Waals surface area contributed by atoms with E-state index in [0.717, 1.165) is 66.1 Å². The van der Waals surface area contributed by atoms with E-state index in [2.05, 4.69) is 42.5 Å². The second-order valence-corrected chi connectivity index (χ2v) is 30.5. The second-order valence-electron chi connectivity index (χ2n) is 29.2. The van der Waals surface area contributed by atoms with Gasteiger partial charge in [0.05, 0.1) is 41.3 Å². The van der Waals surface area contributed by atoms with Crippen LogP contribution in [0.2, 0.25) is 15.1 Å². The highest BCUT2D eigenvalue weighted by atomic mass is 35.5. The van der Waals surface area contributed by atoms with Crippen LogP contribution in [-0.4, -0.2) is 197 Å². The van der Waals surface area contributed by atoms with Gasteiger partial charge in [0.2, 0.25) is 53.4 Å². The Morgan fingerprint density at radius 1 is 0.672 bits per heavy atom. The number of phenols is 3. The number of para-hydroxylation sites is 1. The van der Waals surface area contributed by atoms with Crippen molar-refractivity contribution in [3.8, 4) is 68.2 Å². The lowest BCUT2D eigenvalue weighted by molar-refractivity contribution is -0.334. The van der Waals surface area contributed by atoms with Crippen molar-refractivity contribution >= 4 is 82.1 Å². The molecule has 33 nitrogen and oxygen atoms in total. The summed E-state index contributed by atoms with van der Waals surface area (Å²) in [6.07, 6.45) is -17.8. The molecule has 0 radical (unpaired) electrons. The number of aliphatic hydroxyl groups excluding tert-OH is 6. The number of aliphatic hydroxyl groups is 6. The second kappa shape index (κ2) is 36.8. The molecule has 0 aromatic heterocycles. The number of nitrogens with one attached hydrogen (secondary N) is 8. The van der Waals surface area contributed by atoms with Crippen LogP contribution in [0.25, 0.3) is 22.3 Å². The maximum absolute atomic E-state index is 15.2. The molecular formula is C80H88Cl3N9O24. The van der Waals surface area contributed by atoms with Gasteiger partial charge in [0.15, 0.2) is 29.9 Å². The summed E-state index contributed by atoms with van der Waals surface area (Å²) in [6.45, 7) is 7.42. The zero-order chi connectivity index (χ0) is 84.0. The normalized spacial score (nSPS) is 26.9. The summed E-state index contributed by atoms with van der Waals surface area (Å²) in [4.78, 5) is 114. The quantitative estimate of drug-likeness (QED) is 0.0592. The van der Waals surface area contributed by atoms with E-state index in [1.54, 1.807) is 26.0 Å². The van der Waals surface area contributed by atoms with Crippen LogP contribution in [0.1, 0.15) is 106 Å². The number of halogens is 3. The van der Waals surface area contributed by atoms with Crippen LogP contribution in [-0.2, 0) is 59.1 Å². The molecule has 618 valence electrons. The molecular weight excluding hydrogens is 1580 g/mol. The van der Waals surface area contributed by atoms with Gasteiger partial charge in [-0.1, -0.05) is 109 Å². The first-order chi connectivity index (χ1) is 55.0. The van der Waals surface area contributed by atoms with Crippen molar-refractivity contribution in [2.75, 3.05) is 13.7 Å². The van der Waals surface area contributed by atoms with Crippen LogP contribution < -0.4 is 62.5 Å². The topological polar surface area (TPSA) is 517 Å². The summed E-state index contributed by atoms with van der Waals surface area (Å²) in [5, 5.41) is 136. The number of aliphatic carboxylic acids is 1. The van der Waals surface area contributed by atoms with E-state index < -0.39 is 209 Å². The van der Waals surface area contributed by atoms with Gasteiger partial charge in [-0.2, -0.15) is 0 Å². The number of primary amides is 1. The highest BCUT2D eigenvalue weighted by Gasteiger charge is 2.52. The third kappa shape index (κ3) is 19.6. The summed E-state index contributed by atoms with van der Waals surface area (Å²) in [5.74, 6) is -14.4. The lowest BCUT2D eigenvalue weighted by Gasteiger charge is -2.48. The molecule has 2 fully saturated rings. The molecule has 36 heteroatoms. The number of amides is 7. The molecule has 0 spiro atoms. The molecule has 2 saturated heterocycles. The van der Waals surface area contributed by atoms with E-state index in [1.807, 2.05) is 50.2 Å². The lowest BCUT2D eigenvalue weighted by atomic mass is 9.84. The Bertz CT molecular complexity index is 4840. The van der Waals surface area contributed by atoms with Crippen LogP contribution in [0.4, 0.5) is 0 Å². The van der Waals surface area contributed by atoms with Crippen molar-refractivity contribution in [2.45, 2.75) is 170 Å². The number of carbonyl (C=O) groups excluding carboxylic acids is 7. The highest BCUT2D eigenvalue weighted by Crippen LogP contribution is 2.48. The van der Waals surface area contributed by atoms with Crippen LogP contribution in [0.3, 0.4) is 0 Å². The number of benzene rings is 7. The summed E-state index contributed by atoms with van der Waals surface area (Å²) >= 11 is 20.3.